The highest BCUT2D eigenvalue weighted by Gasteiger charge is 2.34. The highest BCUT2D eigenvalue weighted by atomic mass is 35.5. The second kappa shape index (κ2) is 6.94. The normalized spacial score (nSPS) is 10.9. The highest BCUT2D eigenvalue weighted by Crippen LogP contribution is 2.35. The number of carbonyl (C=O) groups is 1. The number of hydrazine groups is 1. The Morgan fingerprint density at radius 1 is 1.16 bits per heavy atom. The summed E-state index contributed by atoms with van der Waals surface area (Å²) in [6.45, 7) is 0. The van der Waals surface area contributed by atoms with Crippen molar-refractivity contribution in [3.05, 3.63) is 63.7 Å². The van der Waals surface area contributed by atoms with Crippen molar-refractivity contribution in [3.8, 4) is 6.07 Å². The Labute approximate surface area is 142 Å². The monoisotopic (exact) mass is 375 g/mol. The van der Waals surface area contributed by atoms with Crippen LogP contribution in [0.2, 0.25) is 5.02 Å². The van der Waals surface area contributed by atoms with Gasteiger partial charge in [0.2, 0.25) is 0 Å². The SMILES string of the molecule is N#Cc1ccc(NNC(=O)c2ccc(F)c(Cl)c2F)c(C(F)(F)F)c1. The number of anilines is 1. The zero-order valence-electron chi connectivity index (χ0n) is 12.0. The molecule has 2 aromatic carbocycles. The molecule has 25 heavy (non-hydrogen) atoms. The third-order valence-corrected chi connectivity index (χ3v) is 3.39. The fraction of sp³-hybridized carbons (Fsp3) is 0.0667. The Balaban J connectivity index is 2.26. The molecule has 0 fully saturated rings. The average molecular weight is 376 g/mol. The molecule has 0 unspecified atom stereocenters. The Bertz CT molecular complexity index is 877. The number of amides is 1. The van der Waals surface area contributed by atoms with Crippen LogP contribution in [0.4, 0.5) is 27.6 Å². The van der Waals surface area contributed by atoms with Crippen molar-refractivity contribution in [2.45, 2.75) is 6.18 Å². The van der Waals surface area contributed by atoms with Crippen LogP contribution in [0.3, 0.4) is 0 Å². The number of hydrogen-bond acceptors (Lipinski definition) is 3. The fourth-order valence-corrected chi connectivity index (χ4v) is 2.01. The zero-order chi connectivity index (χ0) is 18.8. The Kier molecular flexibility index (Phi) is 5.13. The summed E-state index contributed by atoms with van der Waals surface area (Å²) < 4.78 is 65.8. The zero-order valence-corrected chi connectivity index (χ0v) is 12.8. The van der Waals surface area contributed by atoms with Gasteiger partial charge < -0.3 is 0 Å². The van der Waals surface area contributed by atoms with E-state index in [4.69, 9.17) is 16.9 Å². The molecule has 0 radical (unpaired) electrons. The van der Waals surface area contributed by atoms with Crippen molar-refractivity contribution in [1.82, 2.24) is 5.43 Å². The number of benzene rings is 2. The van der Waals surface area contributed by atoms with Crippen LogP contribution >= 0.6 is 11.6 Å². The molecule has 0 saturated carbocycles. The van der Waals surface area contributed by atoms with Crippen LogP contribution in [-0.2, 0) is 6.18 Å². The smallest absolute Gasteiger partial charge is 0.298 e. The lowest BCUT2D eigenvalue weighted by Crippen LogP contribution is -2.31. The summed E-state index contributed by atoms with van der Waals surface area (Å²) in [5, 5.41) is 7.76. The van der Waals surface area contributed by atoms with Crippen LogP contribution in [0.25, 0.3) is 0 Å². The fourth-order valence-electron chi connectivity index (χ4n) is 1.85. The minimum absolute atomic E-state index is 0.236. The predicted molar refractivity (Wildman–Crippen MR) is 78.6 cm³/mol. The first kappa shape index (κ1) is 18.5. The average Bonchev–Trinajstić information content (AvgIpc) is 2.56. The van der Waals surface area contributed by atoms with Crippen LogP contribution < -0.4 is 10.9 Å². The molecule has 0 aliphatic carbocycles. The number of halogens is 6. The van der Waals surface area contributed by atoms with Crippen LogP contribution in [0, 0.1) is 23.0 Å². The molecule has 2 rings (SSSR count). The molecule has 0 saturated heterocycles. The highest BCUT2D eigenvalue weighted by molar-refractivity contribution is 6.31. The van der Waals surface area contributed by atoms with Crippen LogP contribution in [0.1, 0.15) is 21.5 Å². The van der Waals surface area contributed by atoms with E-state index < -0.39 is 45.6 Å². The first-order chi connectivity index (χ1) is 11.6. The van der Waals surface area contributed by atoms with Gasteiger partial charge in [-0.15, -0.1) is 0 Å². The molecule has 0 heterocycles. The Hall–Kier alpha value is -2.86. The molecule has 0 bridgehead atoms. The van der Waals surface area contributed by atoms with Gasteiger partial charge in [-0.05, 0) is 30.3 Å². The number of rotatable bonds is 3. The molecule has 10 heteroatoms. The molecule has 0 atom stereocenters. The number of hydrogen-bond donors (Lipinski definition) is 2. The first-order valence-corrected chi connectivity index (χ1v) is 6.84. The van der Waals surface area contributed by atoms with Gasteiger partial charge >= 0.3 is 6.18 Å². The van der Waals surface area contributed by atoms with E-state index in [9.17, 15) is 26.7 Å². The second-order valence-corrected chi connectivity index (χ2v) is 5.05. The molecule has 2 N–H and O–H groups in total. The van der Waals surface area contributed by atoms with E-state index in [1.807, 2.05) is 10.9 Å². The molecule has 130 valence electrons. The van der Waals surface area contributed by atoms with Crippen molar-refractivity contribution < 1.29 is 26.7 Å². The van der Waals surface area contributed by atoms with E-state index in [0.29, 0.717) is 6.07 Å². The van der Waals surface area contributed by atoms with Gasteiger partial charge in [0.15, 0.2) is 5.82 Å². The van der Waals surface area contributed by atoms with Crippen LogP contribution in [0.5, 0.6) is 0 Å². The van der Waals surface area contributed by atoms with Crippen molar-refractivity contribution in [2.75, 3.05) is 5.43 Å². The van der Waals surface area contributed by atoms with Gasteiger partial charge in [0.1, 0.15) is 10.8 Å². The second-order valence-electron chi connectivity index (χ2n) is 4.67. The van der Waals surface area contributed by atoms with E-state index in [0.717, 1.165) is 24.3 Å². The van der Waals surface area contributed by atoms with Crippen molar-refractivity contribution >= 4 is 23.2 Å². The van der Waals surface area contributed by atoms with Gasteiger partial charge in [-0.25, -0.2) is 8.78 Å². The lowest BCUT2D eigenvalue weighted by Gasteiger charge is -2.15. The topological polar surface area (TPSA) is 64.9 Å². The predicted octanol–water partition coefficient (Wildman–Crippen LogP) is 4.27. The summed E-state index contributed by atoms with van der Waals surface area (Å²) in [5.74, 6) is -3.61. The summed E-state index contributed by atoms with van der Waals surface area (Å²) in [7, 11) is 0. The quantitative estimate of drug-likeness (QED) is 0.478. The van der Waals surface area contributed by atoms with Gasteiger partial charge in [0.25, 0.3) is 5.91 Å². The van der Waals surface area contributed by atoms with E-state index in [1.165, 1.54) is 0 Å². The third-order valence-electron chi connectivity index (χ3n) is 3.04. The lowest BCUT2D eigenvalue weighted by atomic mass is 10.1. The van der Waals surface area contributed by atoms with Crippen LogP contribution in [-0.4, -0.2) is 5.91 Å². The molecule has 0 spiro atoms. The molecular weight excluding hydrogens is 369 g/mol. The largest absolute Gasteiger partial charge is 0.418 e. The van der Waals surface area contributed by atoms with Gasteiger partial charge in [-0.1, -0.05) is 11.6 Å². The molecule has 4 nitrogen and oxygen atoms in total. The number of nitriles is 1. The summed E-state index contributed by atoms with van der Waals surface area (Å²) in [6.07, 6.45) is -4.80. The van der Waals surface area contributed by atoms with Crippen LogP contribution in [0.15, 0.2) is 30.3 Å². The molecule has 1 amide bonds. The molecule has 0 aliphatic rings. The summed E-state index contributed by atoms with van der Waals surface area (Å²) in [6, 6.07) is 5.70. The molecular formula is C15H7ClF5N3O. The Morgan fingerprint density at radius 2 is 1.84 bits per heavy atom. The third kappa shape index (κ3) is 3.97. The number of carbonyl (C=O) groups excluding carboxylic acids is 1. The van der Waals surface area contributed by atoms with E-state index in [1.54, 1.807) is 6.07 Å². The molecule has 0 aliphatic heterocycles. The number of nitrogens with one attached hydrogen (secondary N) is 2. The van der Waals surface area contributed by atoms with E-state index in [2.05, 4.69) is 0 Å². The summed E-state index contributed by atoms with van der Waals surface area (Å²) >= 11 is 5.33. The number of nitrogens with zero attached hydrogens (tertiary/aromatic N) is 1. The minimum Gasteiger partial charge on any atom is -0.298 e. The van der Waals surface area contributed by atoms with Gasteiger partial charge in [0, 0.05) is 0 Å². The van der Waals surface area contributed by atoms with E-state index >= 15 is 0 Å². The lowest BCUT2D eigenvalue weighted by molar-refractivity contribution is -0.137. The summed E-state index contributed by atoms with van der Waals surface area (Å²) in [5.41, 5.74) is 1.19. The van der Waals surface area contributed by atoms with Gasteiger partial charge in [-0.2, -0.15) is 18.4 Å². The summed E-state index contributed by atoms with van der Waals surface area (Å²) in [4.78, 5) is 11.9. The standard InChI is InChI=1S/C15H7ClF5N3O/c16-12-10(17)3-2-8(13(12)18)14(25)24-23-11-4-1-7(6-22)5-9(11)15(19,20)21/h1-5,23H,(H,24,25). The van der Waals surface area contributed by atoms with Crippen molar-refractivity contribution in [3.63, 3.8) is 0 Å². The maximum atomic E-state index is 13.7. The maximum Gasteiger partial charge on any atom is 0.418 e. The van der Waals surface area contributed by atoms with Crippen molar-refractivity contribution in [2.24, 2.45) is 0 Å². The molecule has 2 aromatic rings. The first-order valence-electron chi connectivity index (χ1n) is 6.46. The van der Waals surface area contributed by atoms with E-state index in [-0.39, 0.29) is 5.56 Å². The minimum atomic E-state index is -4.80. The molecule has 0 aromatic heterocycles. The Morgan fingerprint density at radius 3 is 2.44 bits per heavy atom. The van der Waals surface area contributed by atoms with Crippen molar-refractivity contribution in [1.29, 1.82) is 5.26 Å². The maximum absolute atomic E-state index is 13.7. The van der Waals surface area contributed by atoms with Gasteiger partial charge in [-0.3, -0.25) is 15.6 Å². The van der Waals surface area contributed by atoms with Gasteiger partial charge in [0.05, 0.1) is 28.4 Å². The number of alkyl halides is 3.